The molecule has 0 aromatic heterocycles. The van der Waals surface area contributed by atoms with Crippen LogP contribution in [0.2, 0.25) is 0 Å². The molecule has 202 valence electrons. The number of nitrogens with one attached hydrogen (secondary N) is 1. The van der Waals surface area contributed by atoms with Crippen molar-refractivity contribution in [1.82, 2.24) is 10.2 Å². The molecule has 2 unspecified atom stereocenters. The molecule has 2 aliphatic rings. The molecule has 2 N–H and O–H groups in total. The number of carbonyl (C=O) groups excluding carboxylic acids is 4. The van der Waals surface area contributed by atoms with E-state index in [0.29, 0.717) is 31.2 Å². The fourth-order valence-electron chi connectivity index (χ4n) is 4.84. The third kappa shape index (κ3) is 5.77. The van der Waals surface area contributed by atoms with Gasteiger partial charge in [-0.3, -0.25) is 38.2 Å². The molecule has 2 aliphatic heterocycles. The molecular weight excluding hydrogens is 532 g/mol. The molecule has 0 bridgehead atoms. The fourth-order valence-corrected chi connectivity index (χ4v) is 6.91. The summed E-state index contributed by atoms with van der Waals surface area (Å²) in [7, 11) is -5.86. The van der Waals surface area contributed by atoms with Gasteiger partial charge in [-0.2, -0.15) is 8.42 Å². The van der Waals surface area contributed by atoms with E-state index in [1.807, 2.05) is 6.92 Å². The highest BCUT2D eigenvalue weighted by Gasteiger charge is 2.46. The van der Waals surface area contributed by atoms with Gasteiger partial charge in [-0.25, -0.2) is 0 Å². The monoisotopic (exact) mass is 560 g/mol. The predicted molar refractivity (Wildman–Crippen MR) is 138 cm³/mol. The lowest BCUT2D eigenvalue weighted by molar-refractivity contribution is -0.136. The number of imide groups is 2. The molecule has 4 rings (SSSR count). The van der Waals surface area contributed by atoms with E-state index in [2.05, 4.69) is 5.32 Å². The minimum absolute atomic E-state index is 0.0175. The van der Waals surface area contributed by atoms with Gasteiger partial charge in [0.2, 0.25) is 11.8 Å². The molecule has 10 nitrogen and oxygen atoms in total. The van der Waals surface area contributed by atoms with Gasteiger partial charge in [0.1, 0.15) is 6.04 Å². The first-order chi connectivity index (χ1) is 18.0. The van der Waals surface area contributed by atoms with E-state index in [-0.39, 0.29) is 39.5 Å². The summed E-state index contributed by atoms with van der Waals surface area (Å²) < 4.78 is 45.8. The van der Waals surface area contributed by atoms with Gasteiger partial charge in [0, 0.05) is 12.2 Å². The van der Waals surface area contributed by atoms with Crippen molar-refractivity contribution in [2.75, 3.05) is 5.75 Å². The van der Waals surface area contributed by atoms with Crippen LogP contribution >= 0.6 is 0 Å². The zero-order chi connectivity index (χ0) is 27.6. The Hall–Kier alpha value is -3.22. The lowest BCUT2D eigenvalue weighted by Crippen LogP contribution is -2.54. The maximum atomic E-state index is 13.2. The van der Waals surface area contributed by atoms with Crippen LogP contribution in [0.1, 0.15) is 70.4 Å². The maximum absolute atomic E-state index is 13.2. The Morgan fingerprint density at radius 2 is 1.76 bits per heavy atom. The molecule has 38 heavy (non-hydrogen) atoms. The summed E-state index contributed by atoms with van der Waals surface area (Å²) in [4.78, 5) is 50.9. The number of carbonyl (C=O) groups is 4. The van der Waals surface area contributed by atoms with Crippen molar-refractivity contribution in [3.05, 3.63) is 58.7 Å². The first kappa shape index (κ1) is 27.8. The number of amides is 4. The average molecular weight is 561 g/mol. The van der Waals surface area contributed by atoms with Gasteiger partial charge < -0.3 is 0 Å². The fraction of sp³-hybridized carbons (Fsp3) is 0.385. The number of hydrogen-bond donors (Lipinski definition) is 2. The van der Waals surface area contributed by atoms with Gasteiger partial charge in [-0.1, -0.05) is 36.6 Å². The summed E-state index contributed by atoms with van der Waals surface area (Å²) in [5.41, 5.74) is 1.58. The van der Waals surface area contributed by atoms with E-state index in [1.54, 1.807) is 24.3 Å². The molecule has 0 spiro atoms. The number of fused-ring (bicyclic) bond motifs is 1. The molecule has 2 atom stereocenters. The predicted octanol–water partition coefficient (Wildman–Crippen LogP) is 2.55. The number of rotatable bonds is 10. The Labute approximate surface area is 223 Å². The molecule has 0 aliphatic carbocycles. The van der Waals surface area contributed by atoms with Crippen molar-refractivity contribution in [2.45, 2.75) is 67.7 Å². The molecule has 1 saturated heterocycles. The van der Waals surface area contributed by atoms with E-state index in [9.17, 15) is 36.4 Å². The molecule has 0 saturated carbocycles. The van der Waals surface area contributed by atoms with Crippen molar-refractivity contribution < 1.29 is 36.4 Å². The Morgan fingerprint density at radius 1 is 1.03 bits per heavy atom. The summed E-state index contributed by atoms with van der Waals surface area (Å²) in [5, 5.41) is 2.15. The number of unbranched alkanes of at least 4 members (excludes halogenated alkanes) is 3. The van der Waals surface area contributed by atoms with Crippen LogP contribution in [0.15, 0.2) is 46.2 Å². The normalized spacial score (nSPS) is 18.5. The van der Waals surface area contributed by atoms with E-state index >= 15 is 0 Å². The van der Waals surface area contributed by atoms with Gasteiger partial charge in [-0.05, 0) is 56.4 Å². The van der Waals surface area contributed by atoms with Gasteiger partial charge in [0.15, 0.2) is 0 Å². The Balaban J connectivity index is 1.35. The van der Waals surface area contributed by atoms with Crippen LogP contribution < -0.4 is 5.32 Å². The number of aryl methyl sites for hydroxylation is 2. The summed E-state index contributed by atoms with van der Waals surface area (Å²) in [6.45, 7) is 1.84. The minimum Gasteiger partial charge on any atom is -0.295 e. The molecule has 2 aromatic rings. The van der Waals surface area contributed by atoms with E-state index in [4.69, 9.17) is 0 Å². The zero-order valence-electron chi connectivity index (χ0n) is 20.8. The Bertz CT molecular complexity index is 1450. The van der Waals surface area contributed by atoms with Crippen LogP contribution in [-0.2, 0) is 36.9 Å². The molecule has 4 amide bonds. The van der Waals surface area contributed by atoms with E-state index in [0.717, 1.165) is 16.9 Å². The highest BCUT2D eigenvalue weighted by atomic mass is 32.2. The van der Waals surface area contributed by atoms with Gasteiger partial charge in [-0.15, -0.1) is 0 Å². The second-order valence-electron chi connectivity index (χ2n) is 9.43. The van der Waals surface area contributed by atoms with Crippen molar-refractivity contribution >= 4 is 44.5 Å². The largest absolute Gasteiger partial charge is 0.295 e. The minimum atomic E-state index is -4.30. The summed E-state index contributed by atoms with van der Waals surface area (Å²) >= 11 is 0. The van der Waals surface area contributed by atoms with Crippen molar-refractivity contribution in [2.24, 2.45) is 0 Å². The topological polar surface area (TPSA) is 155 Å². The lowest BCUT2D eigenvalue weighted by atomic mass is 10.0. The summed E-state index contributed by atoms with van der Waals surface area (Å²) in [5.74, 6) is -2.22. The molecular formula is C26H28N2O8S2. The van der Waals surface area contributed by atoms with Gasteiger partial charge >= 0.3 is 0 Å². The quantitative estimate of drug-likeness (QED) is 0.255. The summed E-state index contributed by atoms with van der Waals surface area (Å²) in [6, 6.07) is 8.25. The highest BCUT2D eigenvalue weighted by molar-refractivity contribution is 7.86. The van der Waals surface area contributed by atoms with Crippen molar-refractivity contribution in [1.29, 1.82) is 0 Å². The number of benzene rings is 2. The van der Waals surface area contributed by atoms with E-state index in [1.165, 1.54) is 12.1 Å². The highest BCUT2D eigenvalue weighted by Crippen LogP contribution is 2.31. The maximum Gasteiger partial charge on any atom is 0.294 e. The van der Waals surface area contributed by atoms with Crippen LogP contribution in [0.3, 0.4) is 0 Å². The van der Waals surface area contributed by atoms with Crippen LogP contribution in [0.25, 0.3) is 0 Å². The summed E-state index contributed by atoms with van der Waals surface area (Å²) in [6.07, 6.45) is 3.24. The van der Waals surface area contributed by atoms with Crippen molar-refractivity contribution in [3.63, 3.8) is 0 Å². The molecule has 1 fully saturated rings. The van der Waals surface area contributed by atoms with Crippen molar-refractivity contribution in [3.8, 4) is 0 Å². The second-order valence-corrected chi connectivity index (χ2v) is 12.4. The van der Waals surface area contributed by atoms with Crippen LogP contribution in [-0.4, -0.2) is 57.5 Å². The first-order valence-electron chi connectivity index (χ1n) is 12.3. The number of hydrogen-bond acceptors (Lipinski definition) is 7. The average Bonchev–Trinajstić information content (AvgIpc) is 3.10. The lowest BCUT2D eigenvalue weighted by Gasteiger charge is -2.27. The smallest absolute Gasteiger partial charge is 0.294 e. The number of nitrogens with zero attached hydrogens (tertiary/aromatic N) is 1. The second kappa shape index (κ2) is 11.3. The molecule has 2 heterocycles. The third-order valence-corrected chi connectivity index (χ3v) is 9.14. The number of piperidine rings is 1. The standard InChI is InChI=1S/C26H28N2O8S2/c1-16-10-12-21(38(34,35)36)17(15-16)7-4-2-3-5-14-37(33)20-9-6-8-18-23(20)26(32)28(25(18)31)19-11-13-22(29)27-24(19)30/h6,8-10,12,15,19H,2-5,7,11,13-14H2,1H3,(H,27,29,30)(H,34,35,36). The van der Waals surface area contributed by atoms with Crippen LogP contribution in [0, 0.1) is 6.92 Å². The van der Waals surface area contributed by atoms with Crippen LogP contribution in [0.5, 0.6) is 0 Å². The van der Waals surface area contributed by atoms with E-state index < -0.39 is 50.6 Å². The first-order valence-corrected chi connectivity index (χ1v) is 15.0. The molecule has 2 aromatic carbocycles. The third-order valence-electron chi connectivity index (χ3n) is 6.69. The van der Waals surface area contributed by atoms with Crippen LogP contribution in [0.4, 0.5) is 0 Å². The zero-order valence-corrected chi connectivity index (χ0v) is 22.4. The molecule has 0 radical (unpaired) electrons. The van der Waals surface area contributed by atoms with Gasteiger partial charge in [0.25, 0.3) is 21.9 Å². The SMILES string of the molecule is Cc1ccc(S(=O)(=O)O)c(CCCCCCS(=O)c2cccc3c2C(=O)N(C2CCC(=O)NC2=O)C3=O)c1. The van der Waals surface area contributed by atoms with Gasteiger partial charge in [0.05, 0.1) is 31.7 Å². The molecule has 12 heteroatoms. The Morgan fingerprint density at radius 3 is 2.47 bits per heavy atom. The Kier molecular flexibility index (Phi) is 8.24.